The third-order valence-electron chi connectivity index (χ3n) is 5.52. The molecular weight excluding hydrogens is 352 g/mol. The summed E-state index contributed by atoms with van der Waals surface area (Å²) in [6.45, 7) is 4.51. The Hall–Kier alpha value is -2.21. The van der Waals surface area contributed by atoms with Gasteiger partial charge in [-0.1, -0.05) is 48.5 Å². The number of morpholine rings is 1. The fraction of sp³-hybridized carbons (Fsp3) is 0.435. The van der Waals surface area contributed by atoms with Crippen LogP contribution in [0, 0.1) is 0 Å². The van der Waals surface area contributed by atoms with Gasteiger partial charge in [0.1, 0.15) is 12.2 Å². The van der Waals surface area contributed by atoms with E-state index in [9.17, 15) is 4.79 Å². The van der Waals surface area contributed by atoms with Gasteiger partial charge in [0.25, 0.3) is 5.91 Å². The van der Waals surface area contributed by atoms with Crippen molar-refractivity contribution in [3.8, 4) is 0 Å². The molecule has 5 nitrogen and oxygen atoms in total. The van der Waals surface area contributed by atoms with E-state index in [-0.39, 0.29) is 12.5 Å². The number of para-hydroxylation sites is 1. The summed E-state index contributed by atoms with van der Waals surface area (Å²) in [5, 5.41) is 0. The van der Waals surface area contributed by atoms with Gasteiger partial charge in [-0.15, -0.1) is 0 Å². The lowest BCUT2D eigenvalue weighted by atomic mass is 10.0. The van der Waals surface area contributed by atoms with Gasteiger partial charge in [-0.25, -0.2) is 0 Å². The number of carbonyl (C=O) groups excluding carboxylic acids is 1. The minimum Gasteiger partial charge on any atom is -0.368 e. The Morgan fingerprint density at radius 2 is 1.71 bits per heavy atom. The fourth-order valence-electron chi connectivity index (χ4n) is 4.12. The van der Waals surface area contributed by atoms with E-state index in [1.807, 2.05) is 35.2 Å². The van der Waals surface area contributed by atoms with Crippen LogP contribution in [0.25, 0.3) is 0 Å². The van der Waals surface area contributed by atoms with Crippen molar-refractivity contribution in [2.45, 2.75) is 18.4 Å². The molecule has 0 bridgehead atoms. The third kappa shape index (κ3) is 4.61. The molecule has 2 aliphatic rings. The summed E-state index contributed by atoms with van der Waals surface area (Å²) >= 11 is 0. The number of amides is 1. The van der Waals surface area contributed by atoms with Crippen molar-refractivity contribution in [2.24, 2.45) is 0 Å². The van der Waals surface area contributed by atoms with Crippen molar-refractivity contribution in [3.05, 3.63) is 66.2 Å². The minimum absolute atomic E-state index is 0.00660. The lowest BCUT2D eigenvalue weighted by Crippen LogP contribution is -2.59. The van der Waals surface area contributed by atoms with E-state index in [0.29, 0.717) is 19.8 Å². The van der Waals surface area contributed by atoms with Gasteiger partial charge >= 0.3 is 0 Å². The lowest BCUT2D eigenvalue weighted by molar-refractivity contribution is -0.134. The average Bonchev–Trinajstić information content (AvgIpc) is 2.88. The van der Waals surface area contributed by atoms with Crippen molar-refractivity contribution >= 4 is 11.6 Å². The third-order valence-corrected chi connectivity index (χ3v) is 5.52. The number of hydrogen-bond acceptors (Lipinski definition) is 4. The largest absolute Gasteiger partial charge is 0.368 e. The summed E-state index contributed by atoms with van der Waals surface area (Å²) in [4.78, 5) is 16.9. The van der Waals surface area contributed by atoms with Crippen molar-refractivity contribution in [1.82, 2.24) is 4.90 Å². The molecule has 0 aromatic heterocycles. The molecule has 2 aromatic carbocycles. The van der Waals surface area contributed by atoms with Gasteiger partial charge in [-0.05, 0) is 37.1 Å². The van der Waals surface area contributed by atoms with Crippen molar-refractivity contribution in [2.75, 3.05) is 50.9 Å². The molecule has 1 spiro atoms. The molecule has 0 aliphatic carbocycles. The van der Waals surface area contributed by atoms with E-state index in [1.165, 1.54) is 5.56 Å². The van der Waals surface area contributed by atoms with Gasteiger partial charge in [0.05, 0.1) is 19.8 Å². The minimum atomic E-state index is -0.465. The van der Waals surface area contributed by atoms with Crippen molar-refractivity contribution in [1.29, 1.82) is 0 Å². The Labute approximate surface area is 166 Å². The maximum Gasteiger partial charge on any atom is 0.253 e. The highest BCUT2D eigenvalue weighted by Gasteiger charge is 2.42. The Balaban J connectivity index is 1.40. The second-order valence-corrected chi connectivity index (χ2v) is 7.71. The first-order valence-electron chi connectivity index (χ1n) is 10.1. The van der Waals surface area contributed by atoms with Crippen LogP contribution in [-0.2, 0) is 20.7 Å². The molecule has 1 atom stereocenters. The molecule has 28 heavy (non-hydrogen) atoms. The topological polar surface area (TPSA) is 42.0 Å². The highest BCUT2D eigenvalue weighted by molar-refractivity contribution is 5.94. The number of carbonyl (C=O) groups is 1. The van der Waals surface area contributed by atoms with E-state index < -0.39 is 5.60 Å². The summed E-state index contributed by atoms with van der Waals surface area (Å²) in [6, 6.07) is 20.4. The van der Waals surface area contributed by atoms with E-state index >= 15 is 0 Å². The number of aryl methyl sites for hydroxylation is 1. The number of nitrogens with zero attached hydrogens (tertiary/aromatic N) is 2. The summed E-state index contributed by atoms with van der Waals surface area (Å²) in [6.07, 6.45) is 2.19. The van der Waals surface area contributed by atoms with Gasteiger partial charge < -0.3 is 14.4 Å². The molecule has 1 unspecified atom stereocenters. The van der Waals surface area contributed by atoms with Crippen LogP contribution < -0.4 is 4.90 Å². The Morgan fingerprint density at radius 3 is 2.50 bits per heavy atom. The first-order chi connectivity index (χ1) is 13.7. The second-order valence-electron chi connectivity index (χ2n) is 7.71. The highest BCUT2D eigenvalue weighted by Crippen LogP contribution is 2.26. The first kappa shape index (κ1) is 19.1. The molecule has 2 aliphatic heterocycles. The monoisotopic (exact) mass is 380 g/mol. The number of benzene rings is 2. The van der Waals surface area contributed by atoms with Gasteiger partial charge in [0, 0.05) is 18.8 Å². The van der Waals surface area contributed by atoms with Gasteiger partial charge in [0.2, 0.25) is 0 Å². The van der Waals surface area contributed by atoms with E-state index in [0.717, 1.165) is 38.2 Å². The van der Waals surface area contributed by atoms with Crippen LogP contribution >= 0.6 is 0 Å². The fourth-order valence-corrected chi connectivity index (χ4v) is 4.12. The number of ether oxygens (including phenoxy) is 2. The molecule has 0 saturated carbocycles. The molecule has 148 valence electrons. The molecule has 4 rings (SSSR count). The Kier molecular flexibility index (Phi) is 6.05. The zero-order chi connectivity index (χ0) is 19.2. The molecule has 2 aromatic rings. The molecule has 0 radical (unpaired) electrons. The Morgan fingerprint density at radius 1 is 0.964 bits per heavy atom. The maximum atomic E-state index is 12.6. The van der Waals surface area contributed by atoms with Gasteiger partial charge in [-0.3, -0.25) is 9.69 Å². The van der Waals surface area contributed by atoms with Crippen LogP contribution in [0.3, 0.4) is 0 Å². The van der Waals surface area contributed by atoms with Crippen LogP contribution in [0.5, 0.6) is 0 Å². The van der Waals surface area contributed by atoms with Crippen LogP contribution in [0.15, 0.2) is 60.7 Å². The molecule has 0 N–H and O–H groups in total. The Bertz CT molecular complexity index is 768. The maximum absolute atomic E-state index is 12.6. The SMILES string of the molecule is O=C1COCC2(CN(CCCc3ccccc3)CCO2)CN1c1ccccc1. The normalized spacial score (nSPS) is 23.7. The predicted molar refractivity (Wildman–Crippen MR) is 110 cm³/mol. The lowest BCUT2D eigenvalue weighted by Gasteiger charge is -2.43. The number of rotatable bonds is 5. The summed E-state index contributed by atoms with van der Waals surface area (Å²) in [5.41, 5.74) is 1.82. The number of anilines is 1. The quantitative estimate of drug-likeness (QED) is 0.800. The van der Waals surface area contributed by atoms with Crippen molar-refractivity contribution in [3.63, 3.8) is 0 Å². The summed E-state index contributed by atoms with van der Waals surface area (Å²) < 4.78 is 12.0. The van der Waals surface area contributed by atoms with Gasteiger partial charge in [0.15, 0.2) is 0 Å². The van der Waals surface area contributed by atoms with E-state index in [4.69, 9.17) is 9.47 Å². The molecule has 2 fully saturated rings. The molecule has 2 heterocycles. The first-order valence-corrected chi connectivity index (χ1v) is 10.1. The van der Waals surface area contributed by atoms with Crippen LogP contribution in [0.2, 0.25) is 0 Å². The summed E-state index contributed by atoms with van der Waals surface area (Å²) in [7, 11) is 0. The zero-order valence-electron chi connectivity index (χ0n) is 16.3. The predicted octanol–water partition coefficient (Wildman–Crippen LogP) is 2.75. The second kappa shape index (κ2) is 8.86. The summed E-state index contributed by atoms with van der Waals surface area (Å²) in [5.74, 6) is -0.00660. The van der Waals surface area contributed by atoms with Crippen LogP contribution in [0.1, 0.15) is 12.0 Å². The van der Waals surface area contributed by atoms with Crippen LogP contribution in [-0.4, -0.2) is 62.4 Å². The standard InChI is InChI=1S/C23H28N2O3/c26-22-16-27-19-23(18-25(22)21-11-5-2-6-12-21)17-24(14-15-28-23)13-7-10-20-8-3-1-4-9-20/h1-6,8-9,11-12H,7,10,13-19H2. The average molecular weight is 380 g/mol. The molecule has 5 heteroatoms. The smallest absolute Gasteiger partial charge is 0.253 e. The van der Waals surface area contributed by atoms with Crippen LogP contribution in [0.4, 0.5) is 5.69 Å². The van der Waals surface area contributed by atoms with Crippen molar-refractivity contribution < 1.29 is 14.3 Å². The molecule has 1 amide bonds. The van der Waals surface area contributed by atoms with E-state index in [2.05, 4.69) is 35.2 Å². The molecular formula is C23H28N2O3. The highest BCUT2D eigenvalue weighted by atomic mass is 16.5. The van der Waals surface area contributed by atoms with Gasteiger partial charge in [-0.2, -0.15) is 0 Å². The molecule has 2 saturated heterocycles. The van der Waals surface area contributed by atoms with E-state index in [1.54, 1.807) is 0 Å². The zero-order valence-corrected chi connectivity index (χ0v) is 16.3. The number of hydrogen-bond donors (Lipinski definition) is 0.